The van der Waals surface area contributed by atoms with Crippen molar-refractivity contribution >= 4 is 17.5 Å². The number of anilines is 1. The van der Waals surface area contributed by atoms with Gasteiger partial charge in [-0.25, -0.2) is 0 Å². The summed E-state index contributed by atoms with van der Waals surface area (Å²) in [6, 6.07) is 8.51. The van der Waals surface area contributed by atoms with Gasteiger partial charge in [-0.2, -0.15) is 5.26 Å². The van der Waals surface area contributed by atoms with E-state index in [1.165, 1.54) is 0 Å². The van der Waals surface area contributed by atoms with E-state index in [-0.39, 0.29) is 18.2 Å². The molecule has 1 rings (SSSR count). The summed E-state index contributed by atoms with van der Waals surface area (Å²) in [5.74, 6) is -0.535. The molecule has 106 valence electrons. The van der Waals surface area contributed by atoms with Gasteiger partial charge in [-0.15, -0.1) is 0 Å². The van der Waals surface area contributed by atoms with Crippen LogP contribution in [0.15, 0.2) is 24.3 Å². The molecular formula is C15H19N3O2. The molecule has 0 saturated carbocycles. The monoisotopic (exact) mass is 273 g/mol. The van der Waals surface area contributed by atoms with Crippen molar-refractivity contribution in [3.8, 4) is 6.07 Å². The second-order valence-corrected chi connectivity index (χ2v) is 4.58. The molecule has 5 heteroatoms. The Morgan fingerprint density at radius 3 is 2.50 bits per heavy atom. The van der Waals surface area contributed by atoms with Gasteiger partial charge in [0.15, 0.2) is 0 Å². The first-order chi connectivity index (χ1) is 9.56. The first-order valence-electron chi connectivity index (χ1n) is 6.60. The third kappa shape index (κ3) is 5.11. The molecule has 0 spiro atoms. The Morgan fingerprint density at radius 2 is 1.95 bits per heavy atom. The maximum Gasteiger partial charge on any atom is 0.233 e. The molecule has 0 aliphatic heterocycles. The summed E-state index contributed by atoms with van der Waals surface area (Å²) >= 11 is 0. The van der Waals surface area contributed by atoms with Crippen LogP contribution in [0.1, 0.15) is 31.7 Å². The molecule has 1 aromatic carbocycles. The van der Waals surface area contributed by atoms with Crippen molar-refractivity contribution in [3.05, 3.63) is 29.8 Å². The highest BCUT2D eigenvalue weighted by atomic mass is 16.2. The fraction of sp³-hybridized carbons (Fsp3) is 0.400. The maximum atomic E-state index is 11.8. The Bertz CT molecular complexity index is 503. The number of hydrogen-bond donors (Lipinski definition) is 1. The van der Waals surface area contributed by atoms with Crippen LogP contribution >= 0.6 is 0 Å². The lowest BCUT2D eigenvalue weighted by molar-refractivity contribution is -0.133. The molecule has 0 bridgehead atoms. The lowest BCUT2D eigenvalue weighted by Crippen LogP contribution is -2.31. The normalized spacial score (nSPS) is 9.65. The molecule has 0 aliphatic rings. The van der Waals surface area contributed by atoms with Crippen LogP contribution in [-0.2, 0) is 9.59 Å². The highest BCUT2D eigenvalue weighted by Gasteiger charge is 2.13. The third-order valence-electron chi connectivity index (χ3n) is 2.88. The summed E-state index contributed by atoms with van der Waals surface area (Å²) in [5, 5.41) is 11.3. The van der Waals surface area contributed by atoms with Crippen molar-refractivity contribution in [1.29, 1.82) is 5.26 Å². The smallest absolute Gasteiger partial charge is 0.233 e. The number of nitriles is 1. The van der Waals surface area contributed by atoms with E-state index in [1.807, 2.05) is 6.07 Å². The molecular weight excluding hydrogens is 254 g/mol. The van der Waals surface area contributed by atoms with E-state index in [1.54, 1.807) is 36.2 Å². The van der Waals surface area contributed by atoms with E-state index < -0.39 is 0 Å². The molecule has 0 fully saturated rings. The lowest BCUT2D eigenvalue weighted by Gasteiger charge is -2.16. The summed E-state index contributed by atoms with van der Waals surface area (Å²) < 4.78 is 0. The Labute approximate surface area is 119 Å². The van der Waals surface area contributed by atoms with E-state index in [0.29, 0.717) is 17.8 Å². The van der Waals surface area contributed by atoms with Crippen LogP contribution in [0.4, 0.5) is 5.69 Å². The molecule has 0 aliphatic carbocycles. The molecule has 0 atom stereocenters. The quantitative estimate of drug-likeness (QED) is 0.807. The molecule has 0 aromatic heterocycles. The zero-order chi connectivity index (χ0) is 15.0. The van der Waals surface area contributed by atoms with E-state index >= 15 is 0 Å². The van der Waals surface area contributed by atoms with Crippen LogP contribution in [0.2, 0.25) is 0 Å². The highest BCUT2D eigenvalue weighted by Crippen LogP contribution is 2.09. The molecule has 0 saturated heterocycles. The van der Waals surface area contributed by atoms with Crippen LogP contribution in [0, 0.1) is 11.3 Å². The number of carbonyl (C=O) groups is 2. The summed E-state index contributed by atoms with van der Waals surface area (Å²) in [6.07, 6.45) is 1.77. The Morgan fingerprint density at radius 1 is 1.30 bits per heavy atom. The van der Waals surface area contributed by atoms with Gasteiger partial charge in [0.1, 0.15) is 6.42 Å². The van der Waals surface area contributed by atoms with Gasteiger partial charge in [-0.3, -0.25) is 9.59 Å². The predicted octanol–water partition coefficient (Wildman–Crippen LogP) is 2.15. The number of rotatable bonds is 6. The summed E-state index contributed by atoms with van der Waals surface area (Å²) in [4.78, 5) is 25.1. The fourth-order valence-electron chi connectivity index (χ4n) is 1.63. The molecule has 2 amide bonds. The lowest BCUT2D eigenvalue weighted by atomic mass is 10.2. The predicted molar refractivity (Wildman–Crippen MR) is 76.9 cm³/mol. The van der Waals surface area contributed by atoms with Crippen molar-refractivity contribution in [1.82, 2.24) is 4.90 Å². The molecule has 0 unspecified atom stereocenters. The number of carbonyl (C=O) groups excluding carboxylic acids is 2. The van der Waals surface area contributed by atoms with Crippen LogP contribution in [-0.4, -0.2) is 30.3 Å². The van der Waals surface area contributed by atoms with Crippen LogP contribution < -0.4 is 5.32 Å². The van der Waals surface area contributed by atoms with E-state index in [4.69, 9.17) is 5.26 Å². The van der Waals surface area contributed by atoms with Gasteiger partial charge >= 0.3 is 0 Å². The maximum absolute atomic E-state index is 11.8. The van der Waals surface area contributed by atoms with E-state index in [0.717, 1.165) is 12.8 Å². The van der Waals surface area contributed by atoms with Crippen LogP contribution in [0.3, 0.4) is 0 Å². The molecule has 5 nitrogen and oxygen atoms in total. The minimum absolute atomic E-state index is 0.166. The van der Waals surface area contributed by atoms with E-state index in [9.17, 15) is 9.59 Å². The second-order valence-electron chi connectivity index (χ2n) is 4.58. The topological polar surface area (TPSA) is 73.2 Å². The second kappa shape index (κ2) is 7.95. The summed E-state index contributed by atoms with van der Waals surface area (Å²) in [6.45, 7) is 2.72. The summed E-state index contributed by atoms with van der Waals surface area (Å²) in [5.41, 5.74) is 1.11. The fourth-order valence-corrected chi connectivity index (χ4v) is 1.63. The van der Waals surface area contributed by atoms with Crippen molar-refractivity contribution in [3.63, 3.8) is 0 Å². The number of nitrogens with one attached hydrogen (secondary N) is 1. The number of hydrogen-bond acceptors (Lipinski definition) is 3. The Kier molecular flexibility index (Phi) is 6.24. The average Bonchev–Trinajstić information content (AvgIpc) is 2.45. The van der Waals surface area contributed by atoms with Crippen molar-refractivity contribution in [2.24, 2.45) is 0 Å². The van der Waals surface area contributed by atoms with Gasteiger partial charge in [0.2, 0.25) is 11.8 Å². The van der Waals surface area contributed by atoms with Crippen LogP contribution in [0.5, 0.6) is 0 Å². The molecule has 0 radical (unpaired) electrons. The Hall–Kier alpha value is -2.35. The zero-order valence-electron chi connectivity index (χ0n) is 11.8. The first kappa shape index (κ1) is 15.7. The van der Waals surface area contributed by atoms with Crippen molar-refractivity contribution < 1.29 is 9.59 Å². The average molecular weight is 273 g/mol. The van der Waals surface area contributed by atoms with Gasteiger partial charge in [0.25, 0.3) is 0 Å². The Balaban J connectivity index is 2.46. The molecule has 1 aromatic rings. The van der Waals surface area contributed by atoms with Crippen molar-refractivity contribution in [2.75, 3.05) is 18.9 Å². The highest BCUT2D eigenvalue weighted by molar-refractivity contribution is 6.03. The van der Waals surface area contributed by atoms with E-state index in [2.05, 4.69) is 12.2 Å². The molecule has 20 heavy (non-hydrogen) atoms. The summed E-state index contributed by atoms with van der Waals surface area (Å²) in [7, 11) is 1.70. The minimum atomic E-state index is -0.344. The van der Waals surface area contributed by atoms with Crippen molar-refractivity contribution in [2.45, 2.75) is 26.2 Å². The number of amides is 2. The van der Waals surface area contributed by atoms with Gasteiger partial charge in [0, 0.05) is 19.3 Å². The minimum Gasteiger partial charge on any atom is -0.345 e. The number of benzene rings is 1. The van der Waals surface area contributed by atoms with Gasteiger partial charge in [-0.1, -0.05) is 13.3 Å². The first-order valence-corrected chi connectivity index (χ1v) is 6.60. The van der Waals surface area contributed by atoms with Gasteiger partial charge in [0.05, 0.1) is 11.6 Å². The molecule has 1 N–H and O–H groups in total. The third-order valence-corrected chi connectivity index (χ3v) is 2.88. The molecule has 0 heterocycles. The number of nitrogens with zero attached hydrogens (tertiary/aromatic N) is 2. The zero-order valence-corrected chi connectivity index (χ0v) is 11.8. The standard InChI is InChI=1S/C15H19N3O2/c1-3-4-9-18(2)15(20)10-14(19)17-13-7-5-12(11-16)6-8-13/h5-8H,3-4,9-10H2,1-2H3,(H,17,19). The van der Waals surface area contributed by atoms with Gasteiger partial charge in [-0.05, 0) is 30.7 Å². The van der Waals surface area contributed by atoms with Crippen LogP contribution in [0.25, 0.3) is 0 Å². The largest absolute Gasteiger partial charge is 0.345 e. The van der Waals surface area contributed by atoms with Gasteiger partial charge < -0.3 is 10.2 Å². The SMILES string of the molecule is CCCCN(C)C(=O)CC(=O)Nc1ccc(C#N)cc1. The number of unbranched alkanes of at least 4 members (excludes halogenated alkanes) is 1.